The van der Waals surface area contributed by atoms with Gasteiger partial charge in [-0.05, 0) is 32.6 Å². The second-order valence-electron chi connectivity index (χ2n) is 10.1. The third-order valence-electron chi connectivity index (χ3n) is 5.04. The zero-order valence-corrected chi connectivity index (χ0v) is 26.4. The van der Waals surface area contributed by atoms with Crippen LogP contribution in [0.1, 0.15) is 54.2 Å². The van der Waals surface area contributed by atoms with E-state index in [2.05, 4.69) is 5.09 Å². The molecule has 222 valence electrons. The summed E-state index contributed by atoms with van der Waals surface area (Å²) in [5.74, 6) is -1.50. The maximum atomic E-state index is 13.8. The normalized spacial score (nSPS) is 21.5. The number of hydrogen-bond acceptors (Lipinski definition) is 10. The van der Waals surface area contributed by atoms with E-state index in [-0.39, 0.29) is 30.9 Å². The lowest BCUT2D eigenvalue weighted by atomic mass is 10.00. The van der Waals surface area contributed by atoms with E-state index in [1.165, 1.54) is 6.92 Å². The number of aromatic amines is 1. The van der Waals surface area contributed by atoms with Crippen LogP contribution in [0.4, 0.5) is 4.39 Å². The van der Waals surface area contributed by atoms with E-state index in [0.29, 0.717) is 11.9 Å². The van der Waals surface area contributed by atoms with Gasteiger partial charge in [0.25, 0.3) is 12.2 Å². The fraction of sp³-hybridized carbons (Fsp3) is 0.727. The number of H-pyrrole nitrogens is 1. The summed E-state index contributed by atoms with van der Waals surface area (Å²) in [6.07, 6.45) is -1.92. The van der Waals surface area contributed by atoms with Gasteiger partial charge < -0.3 is 18.5 Å². The minimum absolute atomic E-state index is 0.0259. The van der Waals surface area contributed by atoms with Crippen LogP contribution in [0.15, 0.2) is 15.8 Å². The number of nitrogens with zero attached hydrogens (tertiary/aromatic N) is 1. The highest BCUT2D eigenvalue weighted by Gasteiger charge is 2.48. The van der Waals surface area contributed by atoms with E-state index < -0.39 is 57.8 Å². The highest BCUT2D eigenvalue weighted by Crippen LogP contribution is 2.49. The van der Waals surface area contributed by atoms with E-state index >= 15 is 0 Å². The summed E-state index contributed by atoms with van der Waals surface area (Å²) >= 11 is 19.4. The van der Waals surface area contributed by atoms with Crippen LogP contribution in [0.3, 0.4) is 0 Å². The molecule has 1 aliphatic rings. The molecule has 1 fully saturated rings. The topological polar surface area (TPSA) is 138 Å². The summed E-state index contributed by atoms with van der Waals surface area (Å²) in [5, 5.41) is 2.85. The molecule has 0 aliphatic carbocycles. The van der Waals surface area contributed by atoms with Crippen molar-refractivity contribution in [2.45, 2.75) is 76.8 Å². The van der Waals surface area contributed by atoms with Gasteiger partial charge in [-0.25, -0.2) is 9.88 Å². The molecule has 39 heavy (non-hydrogen) atoms. The molecule has 1 aliphatic heterocycles. The average Bonchev–Trinajstić information content (AvgIpc) is 3.10. The van der Waals surface area contributed by atoms with E-state index in [9.17, 15) is 23.6 Å². The van der Waals surface area contributed by atoms with Crippen molar-refractivity contribution >= 4 is 64.5 Å². The lowest BCUT2D eigenvalue weighted by molar-refractivity contribution is -0.149. The summed E-state index contributed by atoms with van der Waals surface area (Å²) in [6, 6.07) is -0.887. The highest BCUT2D eigenvalue weighted by atomic mass is 35.5. The number of hydrogen-bond donors (Lipinski definition) is 2. The molecule has 0 spiro atoms. The van der Waals surface area contributed by atoms with Crippen LogP contribution in [-0.4, -0.2) is 62.2 Å². The standard InChI is InChI=1S/C22H33Cl2FN3O8PS2/c1-12(2)35-17(30)13(3)27-37(38,33-7-8-39-19(31)21(4,5)6)34-11-14-9-22(23,24)18(36-14)28-10-15(25)16(29)26-20(28)32/h10,12-14,18H,7-9,11H2,1-6H3,(H,27,38)(H,26,29,32)/t13-,14+,18-,37?/m1/s1. The SMILES string of the molecule is CC(C)OC(=O)[C@@H](C)NP(=S)(OCCSC(=O)C(C)(C)C)OC[C@@H]1CC(Cl)(Cl)[C@H](n2cc(F)c(=O)[nH]c2=O)O1. The number of thioether (sulfide) groups is 1. The number of halogens is 3. The van der Waals surface area contributed by atoms with Crippen molar-refractivity contribution in [3.05, 3.63) is 32.9 Å². The van der Waals surface area contributed by atoms with E-state index in [4.69, 9.17) is 53.5 Å². The second-order valence-corrected chi connectivity index (χ2v) is 15.9. The van der Waals surface area contributed by atoms with Gasteiger partial charge in [0, 0.05) is 17.6 Å². The number of aromatic nitrogens is 2. The van der Waals surface area contributed by atoms with Crippen LogP contribution >= 0.6 is 41.6 Å². The van der Waals surface area contributed by atoms with E-state index in [1.807, 2.05) is 4.98 Å². The Kier molecular flexibility index (Phi) is 12.2. The van der Waals surface area contributed by atoms with Crippen LogP contribution in [-0.2, 0) is 39.9 Å². The van der Waals surface area contributed by atoms with Crippen LogP contribution < -0.4 is 16.3 Å². The molecule has 0 bridgehead atoms. The molecule has 2 N–H and O–H groups in total. The Balaban J connectivity index is 2.13. The Labute approximate surface area is 245 Å². The number of ether oxygens (including phenoxy) is 2. The molecule has 1 unspecified atom stereocenters. The van der Waals surface area contributed by atoms with Gasteiger partial charge in [0.2, 0.25) is 5.82 Å². The number of alkyl halides is 2. The first-order valence-electron chi connectivity index (χ1n) is 11.9. The average molecular weight is 653 g/mol. The van der Waals surface area contributed by atoms with Crippen molar-refractivity contribution in [2.24, 2.45) is 5.41 Å². The minimum atomic E-state index is -3.37. The zero-order chi connectivity index (χ0) is 29.8. The van der Waals surface area contributed by atoms with Gasteiger partial charge in [0.05, 0.1) is 31.6 Å². The van der Waals surface area contributed by atoms with Crippen molar-refractivity contribution in [3.8, 4) is 0 Å². The summed E-state index contributed by atoms with van der Waals surface area (Å²) in [4.78, 5) is 50.0. The molecule has 2 rings (SSSR count). The lowest BCUT2D eigenvalue weighted by Crippen LogP contribution is -2.38. The van der Waals surface area contributed by atoms with Crippen molar-refractivity contribution in [3.63, 3.8) is 0 Å². The van der Waals surface area contributed by atoms with Gasteiger partial charge in [0.1, 0.15) is 6.04 Å². The van der Waals surface area contributed by atoms with Gasteiger partial charge in [-0.2, -0.15) is 4.39 Å². The third-order valence-corrected chi connectivity index (χ3v) is 9.63. The molecular formula is C22H33Cl2FN3O8PS2. The molecule has 11 nitrogen and oxygen atoms in total. The molecule has 0 aromatic carbocycles. The Morgan fingerprint density at radius 3 is 2.56 bits per heavy atom. The van der Waals surface area contributed by atoms with Crippen molar-refractivity contribution in [1.29, 1.82) is 0 Å². The van der Waals surface area contributed by atoms with E-state index in [1.54, 1.807) is 34.6 Å². The minimum Gasteiger partial charge on any atom is -0.462 e. The van der Waals surface area contributed by atoms with Gasteiger partial charge in [0.15, 0.2) is 15.7 Å². The van der Waals surface area contributed by atoms with Gasteiger partial charge in [-0.1, -0.05) is 55.7 Å². The van der Waals surface area contributed by atoms with Crippen molar-refractivity contribution < 1.29 is 32.5 Å². The zero-order valence-electron chi connectivity index (χ0n) is 22.3. The molecule has 1 aromatic rings. The molecule has 0 saturated carbocycles. The highest BCUT2D eigenvalue weighted by molar-refractivity contribution is 8.13. The van der Waals surface area contributed by atoms with Gasteiger partial charge in [-0.3, -0.25) is 23.9 Å². The maximum absolute atomic E-state index is 13.8. The van der Waals surface area contributed by atoms with Gasteiger partial charge in [-0.15, -0.1) is 0 Å². The molecule has 17 heteroatoms. The fourth-order valence-electron chi connectivity index (χ4n) is 3.16. The largest absolute Gasteiger partial charge is 0.462 e. The quantitative estimate of drug-likeness (QED) is 0.148. The van der Waals surface area contributed by atoms with Gasteiger partial charge >= 0.3 is 11.7 Å². The number of esters is 1. The molecule has 2 heterocycles. The van der Waals surface area contributed by atoms with Crippen LogP contribution in [0.2, 0.25) is 0 Å². The Morgan fingerprint density at radius 2 is 1.97 bits per heavy atom. The number of carbonyl (C=O) groups excluding carboxylic acids is 2. The molecule has 1 saturated heterocycles. The van der Waals surface area contributed by atoms with Crippen LogP contribution in [0.25, 0.3) is 0 Å². The van der Waals surface area contributed by atoms with E-state index in [0.717, 1.165) is 16.3 Å². The summed E-state index contributed by atoms with van der Waals surface area (Å²) in [6.45, 7) is 6.81. The molecule has 1 aromatic heterocycles. The first-order chi connectivity index (χ1) is 17.8. The lowest BCUT2D eigenvalue weighted by Gasteiger charge is -2.27. The van der Waals surface area contributed by atoms with Crippen LogP contribution in [0.5, 0.6) is 0 Å². The summed E-state index contributed by atoms with van der Waals surface area (Å²) in [5.41, 5.74) is -2.69. The smallest absolute Gasteiger partial charge is 0.330 e. The molecule has 4 atom stereocenters. The predicted molar refractivity (Wildman–Crippen MR) is 151 cm³/mol. The van der Waals surface area contributed by atoms with Crippen LogP contribution in [0, 0.1) is 11.2 Å². The summed E-state index contributed by atoms with van der Waals surface area (Å²) < 4.78 is 35.6. The number of nitrogens with one attached hydrogen (secondary N) is 2. The number of rotatable bonds is 12. The molecular weight excluding hydrogens is 619 g/mol. The summed E-state index contributed by atoms with van der Waals surface area (Å²) in [7, 11) is 0. The third kappa shape index (κ3) is 10.2. The van der Waals surface area contributed by atoms with Crippen molar-refractivity contribution in [2.75, 3.05) is 19.0 Å². The second kappa shape index (κ2) is 13.9. The van der Waals surface area contributed by atoms with Crippen molar-refractivity contribution in [1.82, 2.24) is 14.6 Å². The fourth-order valence-corrected chi connectivity index (χ4v) is 7.11. The number of carbonyl (C=O) groups is 2. The Bertz CT molecular complexity index is 1210. The Hall–Kier alpha value is -0.830. The maximum Gasteiger partial charge on any atom is 0.330 e. The molecule has 0 amide bonds. The Morgan fingerprint density at radius 1 is 1.33 bits per heavy atom. The molecule has 0 radical (unpaired) electrons. The predicted octanol–water partition coefficient (Wildman–Crippen LogP) is 3.63. The monoisotopic (exact) mass is 651 g/mol. The first-order valence-corrected chi connectivity index (χ1v) is 16.3. The first kappa shape index (κ1) is 34.4.